The van der Waals surface area contributed by atoms with Crippen LogP contribution in [0.5, 0.6) is 5.75 Å². The van der Waals surface area contributed by atoms with Crippen molar-refractivity contribution in [1.82, 2.24) is 4.90 Å². The number of nitrogens with zero attached hydrogens (tertiary/aromatic N) is 2. The van der Waals surface area contributed by atoms with Gasteiger partial charge in [-0.15, -0.1) is 0 Å². The van der Waals surface area contributed by atoms with Gasteiger partial charge in [0, 0.05) is 43.0 Å². The second-order valence-corrected chi connectivity index (χ2v) is 10.1. The molecule has 2 N–H and O–H groups in total. The molecule has 35 heavy (non-hydrogen) atoms. The fourth-order valence-corrected chi connectivity index (χ4v) is 6.13. The van der Waals surface area contributed by atoms with Gasteiger partial charge < -0.3 is 24.8 Å². The molecule has 2 aromatic rings. The summed E-state index contributed by atoms with van der Waals surface area (Å²) < 4.78 is 10.8. The Labute approximate surface area is 208 Å². The molecule has 1 saturated carbocycles. The van der Waals surface area contributed by atoms with Gasteiger partial charge in [0.2, 0.25) is 5.91 Å². The van der Waals surface area contributed by atoms with Crippen LogP contribution in [-0.4, -0.2) is 68.0 Å². The normalized spacial score (nSPS) is 27.2. The monoisotopic (exact) mass is 479 g/mol. The number of carbonyl (C=O) groups excluding carboxylic acids is 1. The number of amides is 1. The summed E-state index contributed by atoms with van der Waals surface area (Å²) in [5.41, 5.74) is 2.45. The lowest BCUT2D eigenvalue weighted by Crippen LogP contribution is -2.56. The van der Waals surface area contributed by atoms with Crippen LogP contribution in [0.2, 0.25) is 0 Å². The molecule has 1 aliphatic carbocycles. The first-order valence-electron chi connectivity index (χ1n) is 12.9. The molecule has 1 amide bonds. The van der Waals surface area contributed by atoms with Crippen molar-refractivity contribution in [1.29, 1.82) is 0 Å². The topological polar surface area (TPSA) is 74.3 Å². The summed E-state index contributed by atoms with van der Waals surface area (Å²) >= 11 is 0. The van der Waals surface area contributed by atoms with Gasteiger partial charge in [0.15, 0.2) is 0 Å². The van der Waals surface area contributed by atoms with Crippen LogP contribution in [0.25, 0.3) is 0 Å². The van der Waals surface area contributed by atoms with Crippen molar-refractivity contribution in [2.45, 2.75) is 43.7 Å². The molecule has 2 saturated heterocycles. The van der Waals surface area contributed by atoms with Crippen molar-refractivity contribution < 1.29 is 19.4 Å². The number of hydrogen-bond acceptors (Lipinski definition) is 6. The standard InChI is InChI=1S/C28H37N3O4/c1-34-24-11-5-21(6-12-24)27-25-4-2-3-13-28(25,33)14-15-31(27)20-26(32)29-22-7-9-23(10-8-22)30-16-18-35-19-17-30/h5-12,25,27,33H,2-4,13-20H2,1H3,(H,29,32)/t25-,27-,28-/m1/s1. The van der Waals surface area contributed by atoms with E-state index in [-0.39, 0.29) is 17.9 Å². The molecule has 3 fully saturated rings. The lowest BCUT2D eigenvalue weighted by molar-refractivity contribution is -0.135. The van der Waals surface area contributed by atoms with E-state index in [1.807, 2.05) is 24.3 Å². The van der Waals surface area contributed by atoms with Gasteiger partial charge in [0.25, 0.3) is 0 Å². The van der Waals surface area contributed by atoms with Crippen LogP contribution >= 0.6 is 0 Å². The van der Waals surface area contributed by atoms with Crippen LogP contribution in [0.15, 0.2) is 48.5 Å². The molecule has 0 aromatic heterocycles. The Kier molecular flexibility index (Phi) is 7.27. The van der Waals surface area contributed by atoms with Crippen molar-refractivity contribution in [2.24, 2.45) is 5.92 Å². The summed E-state index contributed by atoms with van der Waals surface area (Å²) in [6, 6.07) is 16.2. The van der Waals surface area contributed by atoms with Gasteiger partial charge in [-0.05, 0) is 61.2 Å². The van der Waals surface area contributed by atoms with Gasteiger partial charge in [-0.25, -0.2) is 0 Å². The predicted molar refractivity (Wildman–Crippen MR) is 137 cm³/mol. The average Bonchev–Trinajstić information content (AvgIpc) is 2.90. The van der Waals surface area contributed by atoms with Gasteiger partial charge >= 0.3 is 0 Å². The van der Waals surface area contributed by atoms with E-state index in [4.69, 9.17) is 9.47 Å². The Morgan fingerprint density at radius 2 is 1.80 bits per heavy atom. The fraction of sp³-hybridized carbons (Fsp3) is 0.536. The van der Waals surface area contributed by atoms with E-state index in [2.05, 4.69) is 39.4 Å². The number of nitrogens with one attached hydrogen (secondary N) is 1. The number of ether oxygens (including phenoxy) is 2. The van der Waals surface area contributed by atoms with Gasteiger partial charge in [-0.2, -0.15) is 0 Å². The molecule has 3 atom stereocenters. The number of benzene rings is 2. The van der Waals surface area contributed by atoms with Crippen molar-refractivity contribution >= 4 is 17.3 Å². The summed E-state index contributed by atoms with van der Waals surface area (Å²) in [6.07, 6.45) is 4.73. The number of morpholine rings is 1. The third-order valence-corrected chi connectivity index (χ3v) is 8.00. The highest BCUT2D eigenvalue weighted by molar-refractivity contribution is 5.92. The first-order chi connectivity index (χ1) is 17.1. The van der Waals surface area contributed by atoms with E-state index in [0.29, 0.717) is 19.5 Å². The second-order valence-electron chi connectivity index (χ2n) is 10.1. The Balaban J connectivity index is 1.29. The molecule has 2 heterocycles. The lowest BCUT2D eigenvalue weighted by atomic mass is 9.66. The molecule has 188 valence electrons. The summed E-state index contributed by atoms with van der Waals surface area (Å²) in [5, 5.41) is 14.6. The highest BCUT2D eigenvalue weighted by Crippen LogP contribution is 2.49. The molecule has 7 heteroatoms. The summed E-state index contributed by atoms with van der Waals surface area (Å²) in [7, 11) is 1.67. The van der Waals surface area contributed by atoms with E-state index in [9.17, 15) is 9.90 Å². The van der Waals surface area contributed by atoms with Gasteiger partial charge in [0.1, 0.15) is 5.75 Å². The van der Waals surface area contributed by atoms with Crippen LogP contribution in [0.3, 0.4) is 0 Å². The molecular formula is C28H37N3O4. The number of aliphatic hydroxyl groups is 1. The Hall–Kier alpha value is -2.61. The van der Waals surface area contributed by atoms with Crippen molar-refractivity contribution in [2.75, 3.05) is 56.7 Å². The van der Waals surface area contributed by atoms with Crippen LogP contribution in [0.4, 0.5) is 11.4 Å². The molecular weight excluding hydrogens is 442 g/mol. The molecule has 5 rings (SSSR count). The number of piperidine rings is 1. The minimum atomic E-state index is -0.648. The van der Waals surface area contributed by atoms with Gasteiger partial charge in [-0.1, -0.05) is 25.0 Å². The first kappa shape index (κ1) is 24.1. The minimum Gasteiger partial charge on any atom is -0.497 e. The van der Waals surface area contributed by atoms with E-state index >= 15 is 0 Å². The SMILES string of the molecule is COc1ccc([C@@H]2[C@H]3CCCC[C@@]3(O)CCN2CC(=O)Nc2ccc(N3CCOCC3)cc2)cc1. The van der Waals surface area contributed by atoms with Crippen LogP contribution in [0.1, 0.15) is 43.7 Å². The van der Waals surface area contributed by atoms with E-state index in [0.717, 1.165) is 74.7 Å². The maximum atomic E-state index is 13.1. The number of likely N-dealkylation sites (tertiary alicyclic amines) is 1. The number of methoxy groups -OCH3 is 1. The van der Waals surface area contributed by atoms with Crippen LogP contribution in [0, 0.1) is 5.92 Å². The molecule has 2 aliphatic heterocycles. The zero-order valence-electron chi connectivity index (χ0n) is 20.6. The molecule has 0 bridgehead atoms. The van der Waals surface area contributed by atoms with Crippen LogP contribution in [-0.2, 0) is 9.53 Å². The minimum absolute atomic E-state index is 0.00871. The Morgan fingerprint density at radius 3 is 2.51 bits per heavy atom. The van der Waals surface area contributed by atoms with E-state index in [1.54, 1.807) is 7.11 Å². The van der Waals surface area contributed by atoms with Gasteiger partial charge in [0.05, 0.1) is 32.5 Å². The largest absolute Gasteiger partial charge is 0.497 e. The average molecular weight is 480 g/mol. The fourth-order valence-electron chi connectivity index (χ4n) is 6.13. The number of anilines is 2. The van der Waals surface area contributed by atoms with E-state index < -0.39 is 5.60 Å². The van der Waals surface area contributed by atoms with Crippen molar-refractivity contribution in [3.05, 3.63) is 54.1 Å². The number of fused-ring (bicyclic) bond motifs is 1. The Bertz CT molecular complexity index is 990. The molecule has 0 radical (unpaired) electrons. The zero-order chi connectivity index (χ0) is 24.3. The molecule has 2 aromatic carbocycles. The molecule has 0 unspecified atom stereocenters. The summed E-state index contributed by atoms with van der Waals surface area (Å²) in [5.74, 6) is 0.913. The smallest absolute Gasteiger partial charge is 0.238 e. The highest BCUT2D eigenvalue weighted by atomic mass is 16.5. The predicted octanol–water partition coefficient (Wildman–Crippen LogP) is 3.84. The molecule has 3 aliphatic rings. The maximum Gasteiger partial charge on any atom is 0.238 e. The zero-order valence-corrected chi connectivity index (χ0v) is 20.6. The second kappa shape index (κ2) is 10.6. The third kappa shape index (κ3) is 5.32. The van der Waals surface area contributed by atoms with Crippen molar-refractivity contribution in [3.63, 3.8) is 0 Å². The number of carbonyl (C=O) groups is 1. The van der Waals surface area contributed by atoms with Crippen molar-refractivity contribution in [3.8, 4) is 5.75 Å². The van der Waals surface area contributed by atoms with Crippen LogP contribution < -0.4 is 15.0 Å². The highest BCUT2D eigenvalue weighted by Gasteiger charge is 2.49. The molecule has 0 spiro atoms. The third-order valence-electron chi connectivity index (χ3n) is 8.00. The van der Waals surface area contributed by atoms with Gasteiger partial charge in [-0.3, -0.25) is 9.69 Å². The molecule has 7 nitrogen and oxygen atoms in total. The van der Waals surface area contributed by atoms with E-state index in [1.165, 1.54) is 0 Å². The lowest BCUT2D eigenvalue weighted by Gasteiger charge is -2.52. The Morgan fingerprint density at radius 1 is 1.06 bits per heavy atom. The maximum absolute atomic E-state index is 13.1. The number of hydrogen-bond donors (Lipinski definition) is 2. The summed E-state index contributed by atoms with van der Waals surface area (Å²) in [4.78, 5) is 17.7. The quantitative estimate of drug-likeness (QED) is 0.656. The number of rotatable bonds is 6. The summed E-state index contributed by atoms with van der Waals surface area (Å²) in [6.45, 7) is 4.28. The first-order valence-corrected chi connectivity index (χ1v) is 12.9.